The van der Waals surface area contributed by atoms with Crippen molar-refractivity contribution in [2.45, 2.75) is 49.7 Å². The summed E-state index contributed by atoms with van der Waals surface area (Å²) in [5.74, 6) is 1.36. The second kappa shape index (κ2) is 5.14. The number of nitrogens with two attached hydrogens (primary N) is 1. The Labute approximate surface area is 116 Å². The lowest BCUT2D eigenvalue weighted by Crippen LogP contribution is -2.55. The molecule has 2 saturated carbocycles. The minimum atomic E-state index is -0.637. The maximum absolute atomic E-state index is 11.9. The molecule has 5 nitrogen and oxygen atoms in total. The third-order valence-corrected chi connectivity index (χ3v) is 6.02. The van der Waals surface area contributed by atoms with Crippen molar-refractivity contribution in [3.8, 4) is 0 Å². The van der Waals surface area contributed by atoms with Crippen molar-refractivity contribution in [1.29, 1.82) is 0 Å². The summed E-state index contributed by atoms with van der Waals surface area (Å²) in [6, 6.07) is 0.927. The normalized spacial score (nSPS) is 37.6. The lowest BCUT2D eigenvalue weighted by Gasteiger charge is -2.33. The number of nitrogens with one attached hydrogen (secondary N) is 1. The maximum Gasteiger partial charge on any atom is 0.237 e. The van der Waals surface area contributed by atoms with E-state index in [-0.39, 0.29) is 5.91 Å². The van der Waals surface area contributed by atoms with E-state index in [0.717, 1.165) is 43.9 Å². The molecular weight excluding hydrogens is 262 g/mol. The third kappa shape index (κ3) is 2.85. The fraction of sp³-hybridized carbons (Fsp3) is 0.923. The van der Waals surface area contributed by atoms with Crippen LogP contribution in [-0.4, -0.2) is 57.2 Å². The van der Waals surface area contributed by atoms with E-state index in [1.165, 1.54) is 12.8 Å². The second-order valence-corrected chi connectivity index (χ2v) is 7.84. The molecule has 2 unspecified atom stereocenters. The molecule has 3 aliphatic rings. The molecule has 1 aliphatic heterocycles. The second-order valence-electron chi connectivity index (χ2n) is 6.15. The van der Waals surface area contributed by atoms with E-state index >= 15 is 0 Å². The molecule has 3 fully saturated rings. The molecule has 2 atom stereocenters. The number of hydrogen-bond donors (Lipinski definition) is 2. The van der Waals surface area contributed by atoms with E-state index in [2.05, 4.69) is 10.2 Å². The van der Waals surface area contributed by atoms with E-state index in [9.17, 15) is 9.00 Å². The van der Waals surface area contributed by atoms with E-state index < -0.39 is 16.3 Å². The van der Waals surface area contributed by atoms with E-state index in [0.29, 0.717) is 12.1 Å². The highest BCUT2D eigenvalue weighted by molar-refractivity contribution is 7.85. The largest absolute Gasteiger partial charge is 0.368 e. The first-order chi connectivity index (χ1) is 9.09. The van der Waals surface area contributed by atoms with Crippen molar-refractivity contribution < 1.29 is 9.00 Å². The van der Waals surface area contributed by atoms with Crippen LogP contribution in [0.4, 0.5) is 0 Å². The van der Waals surface area contributed by atoms with Gasteiger partial charge in [0.15, 0.2) is 0 Å². The lowest BCUT2D eigenvalue weighted by molar-refractivity contribution is -0.124. The molecule has 2 aliphatic carbocycles. The summed E-state index contributed by atoms with van der Waals surface area (Å²) in [5, 5.41) is 3.48. The van der Waals surface area contributed by atoms with Gasteiger partial charge in [0, 0.05) is 47.5 Å². The summed E-state index contributed by atoms with van der Waals surface area (Å²) >= 11 is 0. The molecule has 108 valence electrons. The summed E-state index contributed by atoms with van der Waals surface area (Å²) < 4.78 is 11.4. The quantitative estimate of drug-likeness (QED) is 0.735. The van der Waals surface area contributed by atoms with Crippen LogP contribution < -0.4 is 11.1 Å². The van der Waals surface area contributed by atoms with Gasteiger partial charge in [-0.1, -0.05) is 0 Å². The van der Waals surface area contributed by atoms with Gasteiger partial charge in [-0.05, 0) is 32.1 Å². The van der Waals surface area contributed by atoms with Gasteiger partial charge in [0.25, 0.3) is 0 Å². The average molecular weight is 285 g/mol. The van der Waals surface area contributed by atoms with Crippen molar-refractivity contribution in [3.05, 3.63) is 0 Å². The van der Waals surface area contributed by atoms with Gasteiger partial charge in [0.2, 0.25) is 5.91 Å². The average Bonchev–Trinajstić information content (AvgIpc) is 3.08. The van der Waals surface area contributed by atoms with Crippen LogP contribution in [0.25, 0.3) is 0 Å². The summed E-state index contributed by atoms with van der Waals surface area (Å²) in [4.78, 5) is 14.3. The van der Waals surface area contributed by atoms with Gasteiger partial charge >= 0.3 is 0 Å². The van der Waals surface area contributed by atoms with Crippen LogP contribution in [0.3, 0.4) is 0 Å². The Bertz CT molecular complexity index is 389. The first kappa shape index (κ1) is 13.5. The Balaban J connectivity index is 1.63. The predicted molar refractivity (Wildman–Crippen MR) is 75.2 cm³/mol. The van der Waals surface area contributed by atoms with Crippen LogP contribution in [0.15, 0.2) is 0 Å². The summed E-state index contributed by atoms with van der Waals surface area (Å²) in [5.41, 5.74) is 5.17. The van der Waals surface area contributed by atoms with Gasteiger partial charge < -0.3 is 11.1 Å². The minimum Gasteiger partial charge on any atom is -0.368 e. The molecule has 0 aromatic carbocycles. The van der Waals surface area contributed by atoms with Crippen molar-refractivity contribution in [2.24, 2.45) is 5.73 Å². The van der Waals surface area contributed by atoms with Gasteiger partial charge in [-0.3, -0.25) is 13.9 Å². The van der Waals surface area contributed by atoms with E-state index in [1.54, 1.807) is 0 Å². The highest BCUT2D eigenvalue weighted by Gasteiger charge is 2.48. The minimum absolute atomic E-state index is 0.192. The molecule has 19 heavy (non-hydrogen) atoms. The zero-order valence-electron chi connectivity index (χ0n) is 11.3. The Kier molecular flexibility index (Phi) is 3.66. The molecule has 3 N–H and O–H groups in total. The van der Waals surface area contributed by atoms with Crippen molar-refractivity contribution in [3.63, 3.8) is 0 Å². The smallest absolute Gasteiger partial charge is 0.237 e. The van der Waals surface area contributed by atoms with E-state index in [4.69, 9.17) is 5.73 Å². The van der Waals surface area contributed by atoms with Crippen LogP contribution in [0.5, 0.6) is 0 Å². The number of amides is 1. The fourth-order valence-corrected chi connectivity index (χ4v) is 4.47. The predicted octanol–water partition coefficient (Wildman–Crippen LogP) is -0.421. The zero-order chi connectivity index (χ0) is 13.5. The molecule has 1 saturated heterocycles. The molecule has 0 aromatic heterocycles. The van der Waals surface area contributed by atoms with Crippen LogP contribution in [0.2, 0.25) is 0 Å². The molecule has 0 aromatic rings. The van der Waals surface area contributed by atoms with Crippen LogP contribution in [0, 0.1) is 0 Å². The summed E-state index contributed by atoms with van der Waals surface area (Å²) in [6.45, 7) is 1.80. The zero-order valence-corrected chi connectivity index (χ0v) is 12.1. The van der Waals surface area contributed by atoms with Gasteiger partial charge in [-0.2, -0.15) is 0 Å². The maximum atomic E-state index is 11.9. The van der Waals surface area contributed by atoms with Gasteiger partial charge in [0.1, 0.15) is 0 Å². The molecule has 6 heteroatoms. The molecule has 0 radical (unpaired) electrons. The molecule has 1 amide bonds. The first-order valence-corrected chi connectivity index (χ1v) is 8.74. The third-order valence-electron chi connectivity index (χ3n) is 4.75. The highest BCUT2D eigenvalue weighted by Crippen LogP contribution is 2.36. The number of primary amides is 1. The Morgan fingerprint density at radius 1 is 1.26 bits per heavy atom. The molecule has 0 bridgehead atoms. The number of carbonyl (C=O) groups is 1. The highest BCUT2D eigenvalue weighted by atomic mass is 32.2. The molecular formula is C13H23N3O2S. The summed E-state index contributed by atoms with van der Waals surface area (Å²) in [6.07, 6.45) is 5.04. The fourth-order valence-electron chi connectivity index (χ4n) is 3.39. The van der Waals surface area contributed by atoms with Crippen LogP contribution in [-0.2, 0) is 15.6 Å². The molecule has 3 rings (SSSR count). The van der Waals surface area contributed by atoms with Crippen molar-refractivity contribution in [2.75, 3.05) is 24.6 Å². The molecule has 1 heterocycles. The Morgan fingerprint density at radius 2 is 1.95 bits per heavy atom. The lowest BCUT2D eigenvalue weighted by atomic mass is 9.96. The van der Waals surface area contributed by atoms with Gasteiger partial charge in [-0.25, -0.2) is 0 Å². The van der Waals surface area contributed by atoms with Crippen LogP contribution in [0.1, 0.15) is 32.1 Å². The van der Waals surface area contributed by atoms with Gasteiger partial charge in [-0.15, -0.1) is 0 Å². The Morgan fingerprint density at radius 3 is 2.53 bits per heavy atom. The molecule has 0 spiro atoms. The topological polar surface area (TPSA) is 75.4 Å². The number of hydrogen-bond acceptors (Lipinski definition) is 4. The van der Waals surface area contributed by atoms with Crippen molar-refractivity contribution >= 4 is 16.7 Å². The first-order valence-electron chi connectivity index (χ1n) is 7.26. The number of nitrogens with zero attached hydrogens (tertiary/aromatic N) is 1. The van der Waals surface area contributed by atoms with Crippen LogP contribution >= 0.6 is 0 Å². The number of carbonyl (C=O) groups excluding carboxylic acids is 1. The summed E-state index contributed by atoms with van der Waals surface area (Å²) in [7, 11) is -0.637. The standard InChI is InChI=1S/C13H23N3O2S/c14-12(17)13(15-10-1-2-10)4-3-11(9-13)16-5-7-19(18)8-6-16/h10-11,15H,1-9H2,(H2,14,17). The van der Waals surface area contributed by atoms with Crippen molar-refractivity contribution in [1.82, 2.24) is 10.2 Å². The Hall–Kier alpha value is -0.460. The van der Waals surface area contributed by atoms with E-state index in [1.807, 2.05) is 0 Å². The monoisotopic (exact) mass is 285 g/mol. The van der Waals surface area contributed by atoms with Gasteiger partial charge in [0.05, 0.1) is 5.54 Å². The number of rotatable bonds is 4. The SMILES string of the molecule is NC(=O)C1(NC2CC2)CCC(N2CCS(=O)CC2)C1.